The monoisotopic (exact) mass is 413 g/mol. The van der Waals surface area contributed by atoms with E-state index in [2.05, 4.69) is 15.4 Å². The molecule has 0 aromatic carbocycles. The largest absolute Gasteiger partial charge is 0.350 e. The summed E-state index contributed by atoms with van der Waals surface area (Å²) < 4.78 is 27.5. The third kappa shape index (κ3) is 3.78. The molecule has 1 aliphatic heterocycles. The molecule has 8 nitrogen and oxygen atoms in total. The van der Waals surface area contributed by atoms with Gasteiger partial charge in [0.25, 0.3) is 5.91 Å². The molecular weight excluding hydrogens is 390 g/mol. The van der Waals surface area contributed by atoms with Gasteiger partial charge in [-0.1, -0.05) is 6.07 Å². The lowest BCUT2D eigenvalue weighted by Crippen LogP contribution is -2.26. The van der Waals surface area contributed by atoms with E-state index >= 15 is 0 Å². The van der Waals surface area contributed by atoms with Gasteiger partial charge in [0.1, 0.15) is 11.3 Å². The van der Waals surface area contributed by atoms with E-state index < -0.39 is 9.84 Å². The molecule has 0 spiro atoms. The fraction of sp³-hybridized carbons (Fsp3) is 0.450. The Kier molecular flexibility index (Phi) is 4.42. The van der Waals surface area contributed by atoms with Crippen molar-refractivity contribution in [2.45, 2.75) is 37.6 Å². The van der Waals surface area contributed by atoms with Crippen LogP contribution in [0.25, 0.3) is 5.65 Å². The number of rotatable bonds is 6. The lowest BCUT2D eigenvalue weighted by molar-refractivity contribution is 0.0948. The summed E-state index contributed by atoms with van der Waals surface area (Å²) >= 11 is 0. The van der Waals surface area contributed by atoms with Gasteiger partial charge in [-0.3, -0.25) is 9.48 Å². The van der Waals surface area contributed by atoms with Gasteiger partial charge in [-0.05, 0) is 37.5 Å². The summed E-state index contributed by atoms with van der Waals surface area (Å²) in [4.78, 5) is 17.2. The molecule has 2 aliphatic rings. The summed E-state index contributed by atoms with van der Waals surface area (Å²) in [5.74, 6) is 0.478. The second kappa shape index (κ2) is 6.98. The summed E-state index contributed by atoms with van der Waals surface area (Å²) in [6, 6.07) is 7.51. The van der Waals surface area contributed by atoms with Crippen LogP contribution in [0.1, 0.15) is 53.1 Å². The zero-order valence-corrected chi connectivity index (χ0v) is 16.8. The minimum atomic E-state index is -3.00. The molecular formula is C20H23N5O3S. The number of imidazole rings is 1. The summed E-state index contributed by atoms with van der Waals surface area (Å²) in [7, 11) is -3.00. The Labute approximate surface area is 168 Å². The normalized spacial score (nSPS) is 20.9. The van der Waals surface area contributed by atoms with Crippen molar-refractivity contribution in [1.82, 2.24) is 24.5 Å². The van der Waals surface area contributed by atoms with Crippen LogP contribution in [-0.2, 0) is 16.3 Å². The number of nitrogens with zero attached hydrogens (tertiary/aromatic N) is 4. The highest BCUT2D eigenvalue weighted by atomic mass is 32.2. The Morgan fingerprint density at radius 3 is 2.83 bits per heavy atom. The molecule has 1 saturated carbocycles. The highest BCUT2D eigenvalue weighted by Gasteiger charge is 2.36. The van der Waals surface area contributed by atoms with Crippen molar-refractivity contribution in [2.24, 2.45) is 0 Å². The van der Waals surface area contributed by atoms with Crippen molar-refractivity contribution in [3.8, 4) is 0 Å². The molecule has 4 heterocycles. The summed E-state index contributed by atoms with van der Waals surface area (Å²) in [5, 5.41) is 7.42. The Morgan fingerprint density at radius 1 is 1.24 bits per heavy atom. The first-order valence-corrected chi connectivity index (χ1v) is 11.8. The van der Waals surface area contributed by atoms with Crippen LogP contribution < -0.4 is 5.32 Å². The Bertz CT molecular complexity index is 1140. The van der Waals surface area contributed by atoms with Crippen molar-refractivity contribution in [3.63, 3.8) is 0 Å². The van der Waals surface area contributed by atoms with Crippen LogP contribution in [0.3, 0.4) is 0 Å². The first-order valence-electron chi connectivity index (χ1n) is 9.99. The van der Waals surface area contributed by atoms with Crippen LogP contribution >= 0.6 is 0 Å². The zero-order chi connectivity index (χ0) is 20.0. The first kappa shape index (κ1) is 18.4. The van der Waals surface area contributed by atoms with Crippen molar-refractivity contribution in [1.29, 1.82) is 0 Å². The average molecular weight is 414 g/mol. The van der Waals surface area contributed by atoms with Crippen molar-refractivity contribution in [2.75, 3.05) is 18.1 Å². The smallest absolute Gasteiger partial charge is 0.271 e. The number of amides is 1. The fourth-order valence-corrected chi connectivity index (χ4v) is 5.66. The van der Waals surface area contributed by atoms with Crippen LogP contribution in [-0.4, -0.2) is 51.5 Å². The van der Waals surface area contributed by atoms with E-state index in [-0.39, 0.29) is 23.5 Å². The van der Waals surface area contributed by atoms with Gasteiger partial charge in [-0.15, -0.1) is 0 Å². The van der Waals surface area contributed by atoms with Crippen LogP contribution in [0.15, 0.2) is 36.7 Å². The lowest BCUT2D eigenvalue weighted by Gasteiger charge is -2.12. The number of carbonyl (C=O) groups is 1. The highest BCUT2D eigenvalue weighted by Crippen LogP contribution is 2.42. The van der Waals surface area contributed by atoms with Crippen LogP contribution in [0.5, 0.6) is 0 Å². The third-order valence-corrected chi connectivity index (χ3v) is 7.38. The highest BCUT2D eigenvalue weighted by molar-refractivity contribution is 7.91. The maximum atomic E-state index is 12.6. The summed E-state index contributed by atoms with van der Waals surface area (Å²) in [6.45, 7) is 0.464. The number of pyridine rings is 1. The van der Waals surface area contributed by atoms with Crippen molar-refractivity contribution < 1.29 is 13.2 Å². The SMILES string of the molecule is O=C(NCCc1cn2ccccc2n1)c1cc(C2CC2)n(C2CCS(=O)(=O)C2)n1. The number of hydrogen-bond donors (Lipinski definition) is 1. The van der Waals surface area contributed by atoms with Gasteiger partial charge in [0.15, 0.2) is 9.84 Å². The van der Waals surface area contributed by atoms with E-state index in [9.17, 15) is 13.2 Å². The molecule has 29 heavy (non-hydrogen) atoms. The minimum absolute atomic E-state index is 0.114. The van der Waals surface area contributed by atoms with E-state index in [4.69, 9.17) is 0 Å². The zero-order valence-electron chi connectivity index (χ0n) is 16.0. The maximum Gasteiger partial charge on any atom is 0.271 e. The summed E-state index contributed by atoms with van der Waals surface area (Å²) in [5.41, 5.74) is 3.16. The van der Waals surface area contributed by atoms with Gasteiger partial charge in [0.2, 0.25) is 0 Å². The van der Waals surface area contributed by atoms with Gasteiger partial charge in [-0.2, -0.15) is 5.10 Å². The molecule has 3 aromatic heterocycles. The average Bonchev–Trinajstić information content (AvgIpc) is 3.14. The van der Waals surface area contributed by atoms with E-state index in [0.29, 0.717) is 31.0 Å². The van der Waals surface area contributed by atoms with E-state index in [1.807, 2.05) is 41.1 Å². The minimum Gasteiger partial charge on any atom is -0.350 e. The van der Waals surface area contributed by atoms with Gasteiger partial charge in [-0.25, -0.2) is 13.4 Å². The van der Waals surface area contributed by atoms with Crippen LogP contribution in [0.4, 0.5) is 0 Å². The van der Waals surface area contributed by atoms with Gasteiger partial charge in [0.05, 0.1) is 23.2 Å². The molecule has 3 aromatic rings. The van der Waals surface area contributed by atoms with Gasteiger partial charge >= 0.3 is 0 Å². The number of aromatic nitrogens is 4. The van der Waals surface area contributed by atoms with E-state index in [1.165, 1.54) is 0 Å². The standard InChI is InChI=1S/C20H23N5O3S/c26-20(21-8-6-15-12-24-9-2-1-3-19(24)22-15)17-11-18(14-4-5-14)25(23-17)16-7-10-29(27,28)13-16/h1-3,9,11-12,14,16H,4-8,10,13H2,(H,21,26). The van der Waals surface area contributed by atoms with Crippen molar-refractivity contribution >= 4 is 21.4 Å². The first-order chi connectivity index (χ1) is 14.0. The topological polar surface area (TPSA) is 98.4 Å². The molecule has 2 fully saturated rings. The Balaban J connectivity index is 1.26. The number of nitrogens with one attached hydrogen (secondary N) is 1. The molecule has 1 aliphatic carbocycles. The molecule has 152 valence electrons. The predicted molar refractivity (Wildman–Crippen MR) is 108 cm³/mol. The predicted octanol–water partition coefficient (Wildman–Crippen LogP) is 1.74. The Morgan fingerprint density at radius 2 is 2.10 bits per heavy atom. The van der Waals surface area contributed by atoms with Crippen LogP contribution in [0.2, 0.25) is 0 Å². The number of carbonyl (C=O) groups excluding carboxylic acids is 1. The second-order valence-electron chi connectivity index (χ2n) is 7.93. The molecule has 1 atom stereocenters. The third-order valence-electron chi connectivity index (χ3n) is 5.63. The second-order valence-corrected chi connectivity index (χ2v) is 10.2. The molecule has 0 radical (unpaired) electrons. The molecule has 1 N–H and O–H groups in total. The Hall–Kier alpha value is -2.68. The molecule has 9 heteroatoms. The lowest BCUT2D eigenvalue weighted by atomic mass is 10.2. The number of fused-ring (bicyclic) bond motifs is 1. The van der Waals surface area contributed by atoms with Gasteiger partial charge in [0, 0.05) is 37.0 Å². The number of sulfone groups is 1. The van der Waals surface area contributed by atoms with Crippen molar-refractivity contribution in [3.05, 3.63) is 53.7 Å². The molecule has 1 saturated heterocycles. The van der Waals surface area contributed by atoms with E-state index in [0.717, 1.165) is 29.9 Å². The molecule has 1 unspecified atom stereocenters. The molecule has 0 bridgehead atoms. The van der Waals surface area contributed by atoms with Crippen LogP contribution in [0, 0.1) is 0 Å². The fourth-order valence-electron chi connectivity index (χ4n) is 3.97. The maximum absolute atomic E-state index is 12.6. The summed E-state index contributed by atoms with van der Waals surface area (Å²) in [6.07, 6.45) is 7.24. The quantitative estimate of drug-likeness (QED) is 0.664. The van der Waals surface area contributed by atoms with Gasteiger partial charge < -0.3 is 9.72 Å². The number of hydrogen-bond acceptors (Lipinski definition) is 5. The molecule has 1 amide bonds. The van der Waals surface area contributed by atoms with E-state index in [1.54, 1.807) is 4.68 Å². The molecule has 5 rings (SSSR count).